The zero-order valence-corrected chi connectivity index (χ0v) is 12.3. The van der Waals surface area contributed by atoms with Gasteiger partial charge >= 0.3 is 12.1 Å². The fraction of sp³-hybridized carbons (Fsp3) is 0.818. The predicted octanol–water partition coefficient (Wildman–Crippen LogP) is -1.12. The van der Waals surface area contributed by atoms with Crippen molar-refractivity contribution < 1.29 is 28.9 Å². The summed E-state index contributed by atoms with van der Waals surface area (Å²) in [7, 11) is 4.37. The second kappa shape index (κ2) is 6.43. The van der Waals surface area contributed by atoms with E-state index in [-0.39, 0.29) is 26.2 Å². The third-order valence-electron chi connectivity index (χ3n) is 3.48. The van der Waals surface area contributed by atoms with Crippen LogP contribution in [0.4, 0.5) is 9.59 Å². The molecule has 2 atom stereocenters. The molecular weight excluding hydrogens is 284 g/mol. The van der Waals surface area contributed by atoms with Gasteiger partial charge < -0.3 is 19.3 Å². The molecule has 2 fully saturated rings. The lowest BCUT2D eigenvalue weighted by Crippen LogP contribution is -2.48. The van der Waals surface area contributed by atoms with Crippen LogP contribution in [0, 0.1) is 0 Å². The Morgan fingerprint density at radius 3 is 1.48 bits per heavy atom. The number of fused-ring (bicyclic) bond motifs is 1. The predicted molar refractivity (Wildman–Crippen MR) is 68.4 cm³/mol. The minimum atomic E-state index is -0.653. The lowest BCUT2D eigenvalue weighted by molar-refractivity contribution is -0.00912. The molecular formula is C11H20N4O6. The highest BCUT2D eigenvalue weighted by Gasteiger charge is 2.59. The molecule has 0 bridgehead atoms. The number of aliphatic hydroxyl groups excluding tert-OH is 1. The third-order valence-corrected chi connectivity index (χ3v) is 3.48. The number of carbonyl (C=O) groups is 2. The van der Waals surface area contributed by atoms with Crippen LogP contribution in [-0.4, -0.2) is 97.4 Å². The minimum absolute atomic E-state index is 0.00478. The van der Waals surface area contributed by atoms with Crippen LogP contribution < -0.4 is 0 Å². The molecule has 0 aromatic heterocycles. The Bertz CT molecular complexity index is 404. The van der Waals surface area contributed by atoms with E-state index in [2.05, 4.69) is 0 Å². The van der Waals surface area contributed by atoms with Gasteiger partial charge in [-0.25, -0.2) is 9.59 Å². The number of amides is 4. The number of rotatable bonds is 7. The van der Waals surface area contributed by atoms with Crippen LogP contribution in [0.3, 0.4) is 0 Å². The molecule has 2 saturated heterocycles. The zero-order valence-electron chi connectivity index (χ0n) is 12.3. The SMILES string of the molecule is COCN1C(=O)N(COC)C2C1N(CO)C(=O)N2COC. The molecule has 0 aromatic rings. The Hall–Kier alpha value is -1.62. The van der Waals surface area contributed by atoms with E-state index in [9.17, 15) is 14.7 Å². The molecule has 0 spiro atoms. The van der Waals surface area contributed by atoms with Gasteiger partial charge in [0.1, 0.15) is 26.9 Å². The maximum Gasteiger partial charge on any atom is 0.327 e. The Morgan fingerprint density at radius 2 is 1.14 bits per heavy atom. The molecule has 10 nitrogen and oxygen atoms in total. The van der Waals surface area contributed by atoms with Crippen molar-refractivity contribution in [3.8, 4) is 0 Å². The Kier molecular flexibility index (Phi) is 4.83. The van der Waals surface area contributed by atoms with Crippen LogP contribution in [-0.2, 0) is 14.2 Å². The van der Waals surface area contributed by atoms with Crippen LogP contribution in [0.1, 0.15) is 0 Å². The largest absolute Gasteiger partial charge is 0.376 e. The number of hydrogen-bond acceptors (Lipinski definition) is 6. The second-order valence-corrected chi connectivity index (χ2v) is 4.67. The van der Waals surface area contributed by atoms with Crippen molar-refractivity contribution in [2.75, 3.05) is 48.3 Å². The summed E-state index contributed by atoms with van der Waals surface area (Å²) >= 11 is 0. The smallest absolute Gasteiger partial charge is 0.327 e. The molecule has 4 amide bonds. The third kappa shape index (κ3) is 2.39. The quantitative estimate of drug-likeness (QED) is 0.640. The molecule has 120 valence electrons. The van der Waals surface area contributed by atoms with E-state index in [1.165, 1.54) is 40.9 Å². The number of nitrogens with zero attached hydrogens (tertiary/aromatic N) is 4. The molecule has 1 N–H and O–H groups in total. The van der Waals surface area contributed by atoms with E-state index < -0.39 is 25.1 Å². The molecule has 0 aliphatic carbocycles. The maximum atomic E-state index is 12.4. The highest BCUT2D eigenvalue weighted by atomic mass is 16.5. The van der Waals surface area contributed by atoms with Crippen molar-refractivity contribution in [3.05, 3.63) is 0 Å². The monoisotopic (exact) mass is 304 g/mol. The van der Waals surface area contributed by atoms with Gasteiger partial charge in [0, 0.05) is 21.3 Å². The summed E-state index contributed by atoms with van der Waals surface area (Å²) in [4.78, 5) is 30.1. The molecule has 2 aliphatic heterocycles. The molecule has 10 heteroatoms. The summed E-state index contributed by atoms with van der Waals surface area (Å²) in [5.74, 6) is 0. The van der Waals surface area contributed by atoms with Crippen LogP contribution in [0.2, 0.25) is 0 Å². The first-order chi connectivity index (χ1) is 10.1. The first-order valence-corrected chi connectivity index (χ1v) is 6.34. The average Bonchev–Trinajstić information content (AvgIpc) is 2.88. The van der Waals surface area contributed by atoms with Gasteiger partial charge in [-0.15, -0.1) is 0 Å². The molecule has 0 radical (unpaired) electrons. The van der Waals surface area contributed by atoms with Crippen molar-refractivity contribution in [2.24, 2.45) is 0 Å². The second-order valence-electron chi connectivity index (χ2n) is 4.67. The van der Waals surface area contributed by atoms with Crippen LogP contribution in [0.25, 0.3) is 0 Å². The number of aliphatic hydroxyl groups is 1. The topological polar surface area (TPSA) is 95.0 Å². The van der Waals surface area contributed by atoms with Gasteiger partial charge in [0.2, 0.25) is 0 Å². The fourth-order valence-corrected chi connectivity index (χ4v) is 2.72. The van der Waals surface area contributed by atoms with Crippen molar-refractivity contribution in [2.45, 2.75) is 12.3 Å². The van der Waals surface area contributed by atoms with E-state index in [1.54, 1.807) is 0 Å². The van der Waals surface area contributed by atoms with Gasteiger partial charge in [-0.1, -0.05) is 0 Å². The molecule has 0 saturated carbocycles. The van der Waals surface area contributed by atoms with Crippen molar-refractivity contribution in [1.82, 2.24) is 19.6 Å². The Labute approximate surface area is 122 Å². The lowest BCUT2D eigenvalue weighted by Gasteiger charge is -2.28. The molecule has 2 unspecified atom stereocenters. The van der Waals surface area contributed by atoms with Gasteiger partial charge in [-0.05, 0) is 0 Å². The van der Waals surface area contributed by atoms with E-state index in [1.807, 2.05) is 0 Å². The van der Waals surface area contributed by atoms with Crippen LogP contribution >= 0.6 is 0 Å². The normalized spacial score (nSPS) is 25.3. The highest BCUT2D eigenvalue weighted by molar-refractivity contribution is 5.85. The van der Waals surface area contributed by atoms with Gasteiger partial charge in [0.05, 0.1) is 0 Å². The summed E-state index contributed by atoms with van der Waals surface area (Å²) in [5.41, 5.74) is 0. The number of ether oxygens (including phenoxy) is 3. The number of methoxy groups -OCH3 is 3. The summed E-state index contributed by atoms with van der Waals surface area (Å²) in [5, 5.41) is 9.47. The highest BCUT2D eigenvalue weighted by Crippen LogP contribution is 2.34. The van der Waals surface area contributed by atoms with Gasteiger partial charge in [0.25, 0.3) is 0 Å². The standard InChI is InChI=1S/C11H20N4O6/c1-19-5-13-8-9(15(7-21-3)11(13)18)14(6-20-2)10(17)12(8)4-16/h8-9,16H,4-7H2,1-3H3. The number of carbonyl (C=O) groups excluding carboxylic acids is 2. The van der Waals surface area contributed by atoms with E-state index in [0.29, 0.717) is 0 Å². The summed E-state index contributed by atoms with van der Waals surface area (Å²) in [6.07, 6.45) is -1.26. The van der Waals surface area contributed by atoms with Crippen LogP contribution in [0.5, 0.6) is 0 Å². The first-order valence-electron chi connectivity index (χ1n) is 6.34. The summed E-state index contributed by atoms with van der Waals surface area (Å²) in [6.45, 7) is -0.475. The molecule has 21 heavy (non-hydrogen) atoms. The van der Waals surface area contributed by atoms with E-state index in [0.717, 1.165) is 0 Å². The Balaban J connectivity index is 2.36. The Morgan fingerprint density at radius 1 is 0.810 bits per heavy atom. The minimum Gasteiger partial charge on any atom is -0.376 e. The summed E-state index contributed by atoms with van der Waals surface area (Å²) in [6, 6.07) is -0.746. The van der Waals surface area contributed by atoms with Crippen molar-refractivity contribution >= 4 is 12.1 Å². The average molecular weight is 304 g/mol. The van der Waals surface area contributed by atoms with E-state index >= 15 is 0 Å². The van der Waals surface area contributed by atoms with Gasteiger partial charge in [-0.2, -0.15) is 0 Å². The molecule has 2 heterocycles. The lowest BCUT2D eigenvalue weighted by atomic mass is 10.3. The maximum absolute atomic E-state index is 12.4. The van der Waals surface area contributed by atoms with Gasteiger partial charge in [0.15, 0.2) is 12.3 Å². The molecule has 0 aromatic carbocycles. The van der Waals surface area contributed by atoms with Crippen LogP contribution in [0.15, 0.2) is 0 Å². The van der Waals surface area contributed by atoms with Crippen molar-refractivity contribution in [3.63, 3.8) is 0 Å². The van der Waals surface area contributed by atoms with Crippen molar-refractivity contribution in [1.29, 1.82) is 0 Å². The summed E-state index contributed by atoms with van der Waals surface area (Å²) < 4.78 is 15.1. The number of hydrogen-bond donors (Lipinski definition) is 1. The molecule has 2 rings (SSSR count). The first kappa shape index (κ1) is 15.8. The van der Waals surface area contributed by atoms with Gasteiger partial charge in [-0.3, -0.25) is 19.6 Å². The number of urea groups is 2. The molecule has 2 aliphatic rings. The van der Waals surface area contributed by atoms with E-state index in [4.69, 9.17) is 14.2 Å². The zero-order chi connectivity index (χ0) is 15.6. The fourth-order valence-electron chi connectivity index (χ4n) is 2.72.